The lowest BCUT2D eigenvalue weighted by molar-refractivity contribution is -0.133. The molecular weight excluding hydrogens is 340 g/mol. The lowest BCUT2D eigenvalue weighted by Crippen LogP contribution is -2.46. The van der Waals surface area contributed by atoms with Crippen molar-refractivity contribution in [1.29, 1.82) is 0 Å². The van der Waals surface area contributed by atoms with Crippen LogP contribution in [-0.2, 0) is 21.2 Å². The van der Waals surface area contributed by atoms with Gasteiger partial charge in [0.05, 0.1) is 18.1 Å². The average molecular weight is 364 g/mol. The predicted molar refractivity (Wildman–Crippen MR) is 96.2 cm³/mol. The number of ether oxygens (including phenoxy) is 1. The molecule has 1 atom stereocenters. The number of carbonyl (C=O) groups excluding carboxylic acids is 1. The highest BCUT2D eigenvalue weighted by molar-refractivity contribution is 7.91. The van der Waals surface area contributed by atoms with E-state index in [2.05, 4.69) is 6.58 Å². The average Bonchev–Trinajstić information content (AvgIpc) is 2.80. The number of benzene rings is 1. The van der Waals surface area contributed by atoms with Gasteiger partial charge >= 0.3 is 0 Å². The van der Waals surface area contributed by atoms with Crippen molar-refractivity contribution in [3.63, 3.8) is 0 Å². The molecule has 1 amide bonds. The van der Waals surface area contributed by atoms with Crippen LogP contribution >= 0.6 is 0 Å². The first-order valence-electron chi connectivity index (χ1n) is 8.52. The summed E-state index contributed by atoms with van der Waals surface area (Å²) < 4.78 is 29.2. The fourth-order valence-electron chi connectivity index (χ4n) is 3.41. The van der Waals surface area contributed by atoms with Crippen LogP contribution in [0.5, 0.6) is 5.75 Å². The molecule has 1 aromatic carbocycles. The van der Waals surface area contributed by atoms with Gasteiger partial charge in [0, 0.05) is 31.2 Å². The Kier molecular flexibility index (Phi) is 5.44. The van der Waals surface area contributed by atoms with Crippen molar-refractivity contribution in [2.24, 2.45) is 0 Å². The van der Waals surface area contributed by atoms with Crippen molar-refractivity contribution in [2.75, 3.05) is 37.7 Å². The maximum absolute atomic E-state index is 12.8. The minimum absolute atomic E-state index is 0.0541. The third kappa shape index (κ3) is 4.41. The van der Waals surface area contributed by atoms with E-state index in [9.17, 15) is 13.2 Å². The van der Waals surface area contributed by atoms with Crippen LogP contribution in [-0.4, -0.2) is 67.9 Å². The first kappa shape index (κ1) is 17.9. The number of amides is 1. The Hall–Kier alpha value is -1.86. The number of sulfone groups is 1. The molecule has 1 saturated heterocycles. The first-order chi connectivity index (χ1) is 12.0. The van der Waals surface area contributed by atoms with Crippen molar-refractivity contribution in [2.45, 2.75) is 19.0 Å². The second-order valence-electron chi connectivity index (χ2n) is 6.56. The topological polar surface area (TPSA) is 66.9 Å². The molecule has 1 aromatic rings. The number of fused-ring (bicyclic) bond motifs is 1. The molecule has 7 heteroatoms. The van der Waals surface area contributed by atoms with E-state index < -0.39 is 9.84 Å². The van der Waals surface area contributed by atoms with E-state index >= 15 is 0 Å². The highest BCUT2D eigenvalue weighted by Gasteiger charge is 2.34. The molecule has 0 bridgehead atoms. The molecule has 136 valence electrons. The summed E-state index contributed by atoms with van der Waals surface area (Å²) in [6, 6.07) is 7.59. The van der Waals surface area contributed by atoms with Gasteiger partial charge in [-0.25, -0.2) is 8.42 Å². The van der Waals surface area contributed by atoms with Gasteiger partial charge in [-0.15, -0.1) is 6.58 Å². The van der Waals surface area contributed by atoms with E-state index in [1.807, 2.05) is 29.2 Å². The molecule has 2 aliphatic rings. The lowest BCUT2D eigenvalue weighted by atomic mass is 10.2. The zero-order valence-corrected chi connectivity index (χ0v) is 15.1. The molecule has 6 nitrogen and oxygen atoms in total. The maximum atomic E-state index is 12.8. The standard InChI is InChI=1S/C18H24N2O4S/c1-2-8-20(16-7-11-25(22,23)14-16)18(21)13-19-9-10-24-17-6-4-3-5-15(17)12-19/h2-6,16H,1,7-14H2/t16-/m1/s1. The summed E-state index contributed by atoms with van der Waals surface area (Å²) in [5, 5.41) is 0. The SMILES string of the molecule is C=CCN(C(=O)CN1CCOc2ccccc2C1)[C@@H]1CCS(=O)(=O)C1. The fraction of sp³-hybridized carbons (Fsp3) is 0.500. The van der Waals surface area contributed by atoms with Gasteiger partial charge in [0.15, 0.2) is 9.84 Å². The molecule has 25 heavy (non-hydrogen) atoms. The summed E-state index contributed by atoms with van der Waals surface area (Å²) in [7, 11) is -3.03. The van der Waals surface area contributed by atoms with Crippen molar-refractivity contribution in [3.8, 4) is 5.75 Å². The molecule has 0 aliphatic carbocycles. The molecule has 2 aliphatic heterocycles. The molecule has 3 rings (SSSR count). The van der Waals surface area contributed by atoms with Crippen LogP contribution < -0.4 is 4.74 Å². The molecule has 0 saturated carbocycles. The molecule has 0 N–H and O–H groups in total. The van der Waals surface area contributed by atoms with Crippen molar-refractivity contribution in [3.05, 3.63) is 42.5 Å². The normalized spacial score (nSPS) is 22.5. The summed E-state index contributed by atoms with van der Waals surface area (Å²) in [4.78, 5) is 16.5. The third-order valence-electron chi connectivity index (χ3n) is 4.69. The zero-order valence-electron chi connectivity index (χ0n) is 14.3. The minimum atomic E-state index is -3.03. The van der Waals surface area contributed by atoms with Gasteiger partial charge in [-0.2, -0.15) is 0 Å². The summed E-state index contributed by atoms with van der Waals surface area (Å²) >= 11 is 0. The molecular formula is C18H24N2O4S. The summed E-state index contributed by atoms with van der Waals surface area (Å²) in [6.45, 7) is 6.17. The van der Waals surface area contributed by atoms with Gasteiger partial charge < -0.3 is 9.64 Å². The minimum Gasteiger partial charge on any atom is -0.492 e. The van der Waals surface area contributed by atoms with Gasteiger partial charge in [-0.1, -0.05) is 24.3 Å². The summed E-state index contributed by atoms with van der Waals surface area (Å²) in [5.74, 6) is 1.02. The molecule has 0 unspecified atom stereocenters. The van der Waals surface area contributed by atoms with Gasteiger partial charge in [-0.3, -0.25) is 9.69 Å². The second-order valence-corrected chi connectivity index (χ2v) is 8.79. The largest absolute Gasteiger partial charge is 0.492 e. The second kappa shape index (κ2) is 7.58. The highest BCUT2D eigenvalue weighted by atomic mass is 32.2. The number of rotatable bonds is 5. The van der Waals surface area contributed by atoms with Crippen LogP contribution in [0.1, 0.15) is 12.0 Å². The monoisotopic (exact) mass is 364 g/mol. The molecule has 2 heterocycles. The molecule has 1 fully saturated rings. The fourth-order valence-corrected chi connectivity index (χ4v) is 5.14. The lowest BCUT2D eigenvalue weighted by Gasteiger charge is -2.29. The van der Waals surface area contributed by atoms with Gasteiger partial charge in [0.2, 0.25) is 5.91 Å². The Morgan fingerprint density at radius 2 is 2.20 bits per heavy atom. The van der Waals surface area contributed by atoms with Crippen molar-refractivity contribution in [1.82, 2.24) is 9.80 Å². The van der Waals surface area contributed by atoms with Crippen molar-refractivity contribution >= 4 is 15.7 Å². The van der Waals surface area contributed by atoms with E-state index in [0.717, 1.165) is 11.3 Å². The number of hydrogen-bond donors (Lipinski definition) is 0. The van der Waals surface area contributed by atoms with E-state index in [-0.39, 0.29) is 30.0 Å². The Bertz CT molecular complexity index is 747. The summed E-state index contributed by atoms with van der Waals surface area (Å²) in [6.07, 6.45) is 2.16. The molecule has 0 radical (unpaired) electrons. The smallest absolute Gasteiger partial charge is 0.237 e. The van der Waals surface area contributed by atoms with Crippen LogP contribution in [0.2, 0.25) is 0 Å². The number of carbonyl (C=O) groups is 1. The van der Waals surface area contributed by atoms with Crippen LogP contribution in [0.3, 0.4) is 0 Å². The summed E-state index contributed by atoms with van der Waals surface area (Å²) in [5.41, 5.74) is 1.06. The van der Waals surface area contributed by atoms with Crippen LogP contribution in [0.4, 0.5) is 0 Å². The Morgan fingerprint density at radius 3 is 2.92 bits per heavy atom. The number of nitrogens with zero attached hydrogens (tertiary/aromatic N) is 2. The van der Waals surface area contributed by atoms with Crippen LogP contribution in [0.25, 0.3) is 0 Å². The maximum Gasteiger partial charge on any atom is 0.237 e. The quantitative estimate of drug-likeness (QED) is 0.732. The van der Waals surface area contributed by atoms with Gasteiger partial charge in [0.25, 0.3) is 0 Å². The third-order valence-corrected chi connectivity index (χ3v) is 6.44. The van der Waals surface area contributed by atoms with Crippen LogP contribution in [0.15, 0.2) is 36.9 Å². The number of hydrogen-bond acceptors (Lipinski definition) is 5. The first-order valence-corrected chi connectivity index (χ1v) is 10.3. The Labute approximate surface area is 149 Å². The van der Waals surface area contributed by atoms with Crippen molar-refractivity contribution < 1.29 is 17.9 Å². The van der Waals surface area contributed by atoms with E-state index in [1.54, 1.807) is 11.0 Å². The van der Waals surface area contributed by atoms with E-state index in [0.29, 0.717) is 32.7 Å². The van der Waals surface area contributed by atoms with Crippen LogP contribution in [0, 0.1) is 0 Å². The molecule has 0 aromatic heterocycles. The zero-order chi connectivity index (χ0) is 17.9. The van der Waals surface area contributed by atoms with Gasteiger partial charge in [0.1, 0.15) is 12.4 Å². The number of para-hydroxylation sites is 1. The Morgan fingerprint density at radius 1 is 1.40 bits per heavy atom. The van der Waals surface area contributed by atoms with Gasteiger partial charge in [-0.05, 0) is 12.5 Å². The highest BCUT2D eigenvalue weighted by Crippen LogP contribution is 2.23. The predicted octanol–water partition coefficient (Wildman–Crippen LogP) is 1.08. The Balaban J connectivity index is 1.68. The molecule has 0 spiro atoms. The van der Waals surface area contributed by atoms with E-state index in [4.69, 9.17) is 4.74 Å². The van der Waals surface area contributed by atoms with E-state index in [1.165, 1.54) is 0 Å².